The Bertz CT molecular complexity index is 773. The van der Waals surface area contributed by atoms with E-state index in [4.69, 9.17) is 0 Å². The summed E-state index contributed by atoms with van der Waals surface area (Å²) in [6.07, 6.45) is 0. The van der Waals surface area contributed by atoms with E-state index in [-0.39, 0.29) is 22.6 Å². The van der Waals surface area contributed by atoms with E-state index in [1.807, 2.05) is 0 Å². The van der Waals surface area contributed by atoms with Crippen LogP contribution < -0.4 is 5.32 Å². The maximum Gasteiger partial charge on any atom is 0.292 e. The maximum absolute atomic E-state index is 12.1. The molecule has 0 saturated heterocycles. The van der Waals surface area contributed by atoms with Crippen molar-refractivity contribution in [3.63, 3.8) is 0 Å². The van der Waals surface area contributed by atoms with Crippen molar-refractivity contribution in [3.8, 4) is 0 Å². The smallest absolute Gasteiger partial charge is 0.292 e. The van der Waals surface area contributed by atoms with Gasteiger partial charge in [-0.25, -0.2) is 0 Å². The number of nitrogens with zero attached hydrogens (tertiary/aromatic N) is 2. The van der Waals surface area contributed by atoms with Gasteiger partial charge in [-0.15, -0.1) is 0 Å². The molecule has 0 aliphatic heterocycles. The molecule has 2 aromatic carbocycles. The van der Waals surface area contributed by atoms with Crippen molar-refractivity contribution < 1.29 is 14.6 Å². The molecule has 22 heavy (non-hydrogen) atoms. The molecule has 1 amide bonds. The standard InChI is InChI=1S/C14H11N3O5/c1-9-6-7-10(8-13(9)17(21)22)14(18)15-11-4-2-3-5-12(11)16(19)20/h2-8H,1H3,(H,15,18). The summed E-state index contributed by atoms with van der Waals surface area (Å²) in [6, 6.07) is 9.68. The van der Waals surface area contributed by atoms with Crippen LogP contribution in [0.5, 0.6) is 0 Å². The Kier molecular flexibility index (Phi) is 4.12. The van der Waals surface area contributed by atoms with Gasteiger partial charge in [-0.1, -0.05) is 18.2 Å². The first-order valence-electron chi connectivity index (χ1n) is 6.20. The quantitative estimate of drug-likeness (QED) is 0.688. The third-order valence-corrected chi connectivity index (χ3v) is 3.02. The van der Waals surface area contributed by atoms with Crippen molar-refractivity contribution in [1.29, 1.82) is 0 Å². The maximum atomic E-state index is 12.1. The van der Waals surface area contributed by atoms with Gasteiger partial charge in [0.15, 0.2) is 0 Å². The number of anilines is 1. The van der Waals surface area contributed by atoms with Crippen LogP contribution in [-0.4, -0.2) is 15.8 Å². The predicted molar refractivity (Wildman–Crippen MR) is 78.9 cm³/mol. The number of benzene rings is 2. The van der Waals surface area contributed by atoms with Crippen LogP contribution in [0.1, 0.15) is 15.9 Å². The fourth-order valence-corrected chi connectivity index (χ4v) is 1.88. The lowest BCUT2D eigenvalue weighted by Gasteiger charge is -2.06. The molecule has 1 N–H and O–H groups in total. The Hall–Kier alpha value is -3.29. The summed E-state index contributed by atoms with van der Waals surface area (Å²) in [6.45, 7) is 1.56. The molecule has 8 heteroatoms. The summed E-state index contributed by atoms with van der Waals surface area (Å²) in [5.74, 6) is -0.655. The number of carbonyl (C=O) groups excluding carboxylic acids is 1. The topological polar surface area (TPSA) is 115 Å². The predicted octanol–water partition coefficient (Wildman–Crippen LogP) is 3.06. The van der Waals surface area contributed by atoms with Gasteiger partial charge >= 0.3 is 0 Å². The van der Waals surface area contributed by atoms with Crippen LogP contribution in [0, 0.1) is 27.2 Å². The normalized spacial score (nSPS) is 10.0. The SMILES string of the molecule is Cc1ccc(C(=O)Nc2ccccc2[N+](=O)[O-])cc1[N+](=O)[O-]. The summed E-state index contributed by atoms with van der Waals surface area (Å²) in [7, 11) is 0. The van der Waals surface area contributed by atoms with Crippen molar-refractivity contribution in [1.82, 2.24) is 0 Å². The Morgan fingerprint density at radius 2 is 1.64 bits per heavy atom. The first-order chi connectivity index (χ1) is 10.4. The fraction of sp³-hybridized carbons (Fsp3) is 0.0714. The van der Waals surface area contributed by atoms with Crippen molar-refractivity contribution >= 4 is 23.0 Å². The summed E-state index contributed by atoms with van der Waals surface area (Å²) < 4.78 is 0. The number of amides is 1. The number of rotatable bonds is 4. The Labute approximate surface area is 124 Å². The van der Waals surface area contributed by atoms with Crippen LogP contribution in [0.15, 0.2) is 42.5 Å². The average Bonchev–Trinajstić information content (AvgIpc) is 2.47. The first kappa shape index (κ1) is 15.1. The first-order valence-corrected chi connectivity index (χ1v) is 6.20. The van der Waals surface area contributed by atoms with Gasteiger partial charge in [0.05, 0.1) is 9.85 Å². The summed E-state index contributed by atoms with van der Waals surface area (Å²) >= 11 is 0. The van der Waals surface area contributed by atoms with Crippen LogP contribution in [0.25, 0.3) is 0 Å². The number of carbonyl (C=O) groups is 1. The van der Waals surface area contributed by atoms with E-state index in [9.17, 15) is 25.0 Å². The number of nitro benzene ring substituents is 2. The van der Waals surface area contributed by atoms with E-state index in [1.165, 1.54) is 30.3 Å². The van der Waals surface area contributed by atoms with Gasteiger partial charge in [0.2, 0.25) is 0 Å². The van der Waals surface area contributed by atoms with Crippen LogP contribution in [-0.2, 0) is 0 Å². The zero-order chi connectivity index (χ0) is 16.3. The Morgan fingerprint density at radius 3 is 2.27 bits per heavy atom. The molecular formula is C14H11N3O5. The number of hydrogen-bond donors (Lipinski definition) is 1. The van der Waals surface area contributed by atoms with Crippen LogP contribution >= 0.6 is 0 Å². The van der Waals surface area contributed by atoms with Crippen LogP contribution in [0.2, 0.25) is 0 Å². The highest BCUT2D eigenvalue weighted by molar-refractivity contribution is 6.05. The molecule has 0 fully saturated rings. The zero-order valence-corrected chi connectivity index (χ0v) is 11.5. The lowest BCUT2D eigenvalue weighted by molar-refractivity contribution is -0.385. The molecule has 0 spiro atoms. The van der Waals surface area contributed by atoms with Gasteiger partial charge in [-0.05, 0) is 19.1 Å². The van der Waals surface area contributed by atoms with Crippen molar-refractivity contribution in [2.75, 3.05) is 5.32 Å². The molecule has 8 nitrogen and oxygen atoms in total. The highest BCUT2D eigenvalue weighted by Crippen LogP contribution is 2.25. The van der Waals surface area contributed by atoms with E-state index in [0.717, 1.165) is 6.07 Å². The van der Waals surface area contributed by atoms with Crippen molar-refractivity contribution in [2.24, 2.45) is 0 Å². The molecule has 0 aliphatic carbocycles. The number of nitro groups is 2. The molecular weight excluding hydrogens is 290 g/mol. The second kappa shape index (κ2) is 6.00. The minimum atomic E-state index is -0.655. The number of nitrogens with one attached hydrogen (secondary N) is 1. The molecule has 2 aromatic rings. The van der Waals surface area contributed by atoms with Crippen molar-refractivity contribution in [3.05, 3.63) is 73.8 Å². The molecule has 0 bridgehead atoms. The summed E-state index contributed by atoms with van der Waals surface area (Å²) in [5, 5.41) is 24.2. The van der Waals surface area contributed by atoms with Gasteiger partial charge in [0, 0.05) is 23.3 Å². The number of para-hydroxylation sites is 2. The summed E-state index contributed by atoms with van der Waals surface area (Å²) in [4.78, 5) is 32.7. The molecule has 0 aliphatic rings. The lowest BCUT2D eigenvalue weighted by atomic mass is 10.1. The highest BCUT2D eigenvalue weighted by atomic mass is 16.6. The summed E-state index contributed by atoms with van der Waals surface area (Å²) in [5.41, 5.74) is 0.0658. The molecule has 112 valence electrons. The molecule has 0 atom stereocenters. The second-order valence-corrected chi connectivity index (χ2v) is 4.49. The minimum absolute atomic E-state index is 0.0285. The largest absolute Gasteiger partial charge is 0.316 e. The molecule has 2 rings (SSSR count). The average molecular weight is 301 g/mol. The molecule has 0 saturated carbocycles. The van der Waals surface area contributed by atoms with Gasteiger partial charge in [0.25, 0.3) is 17.3 Å². The zero-order valence-electron chi connectivity index (χ0n) is 11.5. The molecule has 0 aromatic heterocycles. The van der Waals surface area contributed by atoms with E-state index >= 15 is 0 Å². The lowest BCUT2D eigenvalue weighted by Crippen LogP contribution is -2.13. The van der Waals surface area contributed by atoms with E-state index in [0.29, 0.717) is 5.56 Å². The van der Waals surface area contributed by atoms with Crippen LogP contribution in [0.4, 0.5) is 17.1 Å². The fourth-order valence-electron chi connectivity index (χ4n) is 1.88. The second-order valence-electron chi connectivity index (χ2n) is 4.49. The van der Waals surface area contributed by atoms with Crippen molar-refractivity contribution in [2.45, 2.75) is 6.92 Å². The van der Waals surface area contributed by atoms with E-state index < -0.39 is 15.8 Å². The third-order valence-electron chi connectivity index (χ3n) is 3.02. The number of hydrogen-bond acceptors (Lipinski definition) is 5. The van der Waals surface area contributed by atoms with Gasteiger partial charge < -0.3 is 5.32 Å². The third kappa shape index (κ3) is 3.06. The highest BCUT2D eigenvalue weighted by Gasteiger charge is 2.18. The number of aryl methyl sites for hydroxylation is 1. The Balaban J connectivity index is 2.33. The van der Waals surface area contributed by atoms with Gasteiger partial charge in [-0.3, -0.25) is 25.0 Å². The monoisotopic (exact) mass is 301 g/mol. The van der Waals surface area contributed by atoms with Gasteiger partial charge in [0.1, 0.15) is 5.69 Å². The molecule has 0 unspecified atom stereocenters. The van der Waals surface area contributed by atoms with E-state index in [1.54, 1.807) is 13.0 Å². The minimum Gasteiger partial charge on any atom is -0.316 e. The Morgan fingerprint density at radius 1 is 1.00 bits per heavy atom. The van der Waals surface area contributed by atoms with Crippen LogP contribution in [0.3, 0.4) is 0 Å². The van der Waals surface area contributed by atoms with E-state index in [2.05, 4.69) is 5.32 Å². The van der Waals surface area contributed by atoms with Gasteiger partial charge in [-0.2, -0.15) is 0 Å². The molecule has 0 radical (unpaired) electrons. The molecule has 0 heterocycles.